The molecule has 2 rings (SSSR count). The molecule has 1 aromatic carbocycles. The fraction of sp³-hybridized carbons (Fsp3) is 0.500. The SMILES string of the molecule is NC1CCN(CC(=O)Cc2ccc(Cl)c(F)c2)CC1. The Morgan fingerprint density at radius 2 is 2.11 bits per heavy atom. The molecule has 0 bridgehead atoms. The highest BCUT2D eigenvalue weighted by molar-refractivity contribution is 6.30. The minimum absolute atomic E-state index is 0.0845. The molecule has 1 aromatic rings. The van der Waals surface area contributed by atoms with Crippen LogP contribution in [-0.4, -0.2) is 36.4 Å². The van der Waals surface area contributed by atoms with E-state index in [1.54, 1.807) is 6.07 Å². The molecule has 3 nitrogen and oxygen atoms in total. The number of hydrogen-bond donors (Lipinski definition) is 1. The van der Waals surface area contributed by atoms with Gasteiger partial charge in [-0.2, -0.15) is 0 Å². The number of benzene rings is 1. The van der Waals surface area contributed by atoms with Crippen molar-refractivity contribution in [1.29, 1.82) is 0 Å². The van der Waals surface area contributed by atoms with Gasteiger partial charge in [-0.15, -0.1) is 0 Å². The normalized spacial score (nSPS) is 17.6. The van der Waals surface area contributed by atoms with Crippen molar-refractivity contribution in [2.45, 2.75) is 25.3 Å². The summed E-state index contributed by atoms with van der Waals surface area (Å²) in [5.74, 6) is -0.381. The van der Waals surface area contributed by atoms with Crippen molar-refractivity contribution in [2.24, 2.45) is 5.73 Å². The summed E-state index contributed by atoms with van der Waals surface area (Å²) >= 11 is 5.61. The summed E-state index contributed by atoms with van der Waals surface area (Å²) in [6, 6.07) is 4.76. The summed E-state index contributed by atoms with van der Waals surface area (Å²) in [5.41, 5.74) is 6.48. The molecule has 1 saturated heterocycles. The molecule has 0 unspecified atom stereocenters. The Labute approximate surface area is 117 Å². The van der Waals surface area contributed by atoms with Crippen molar-refractivity contribution < 1.29 is 9.18 Å². The molecule has 19 heavy (non-hydrogen) atoms. The zero-order chi connectivity index (χ0) is 13.8. The van der Waals surface area contributed by atoms with Gasteiger partial charge in [0.05, 0.1) is 11.6 Å². The second kappa shape index (κ2) is 6.46. The van der Waals surface area contributed by atoms with Crippen LogP contribution in [0.3, 0.4) is 0 Å². The predicted octanol–water partition coefficient (Wildman–Crippen LogP) is 2.01. The summed E-state index contributed by atoms with van der Waals surface area (Å²) in [5, 5.41) is 0.0845. The lowest BCUT2D eigenvalue weighted by Gasteiger charge is -2.29. The topological polar surface area (TPSA) is 46.3 Å². The molecular weight excluding hydrogens is 267 g/mol. The van der Waals surface area contributed by atoms with Crippen LogP contribution in [-0.2, 0) is 11.2 Å². The number of rotatable bonds is 4. The van der Waals surface area contributed by atoms with Crippen LogP contribution in [0.4, 0.5) is 4.39 Å². The Balaban J connectivity index is 1.85. The monoisotopic (exact) mass is 284 g/mol. The summed E-state index contributed by atoms with van der Waals surface area (Å²) in [6.07, 6.45) is 2.11. The zero-order valence-electron chi connectivity index (χ0n) is 10.7. The summed E-state index contributed by atoms with van der Waals surface area (Å²) < 4.78 is 13.3. The maximum atomic E-state index is 13.3. The third-order valence-corrected chi connectivity index (χ3v) is 3.72. The summed E-state index contributed by atoms with van der Waals surface area (Å²) in [4.78, 5) is 14.0. The molecule has 1 fully saturated rings. The van der Waals surface area contributed by atoms with E-state index < -0.39 is 5.82 Å². The third kappa shape index (κ3) is 4.27. The highest BCUT2D eigenvalue weighted by Gasteiger charge is 2.18. The van der Waals surface area contributed by atoms with Crippen LogP contribution in [0.5, 0.6) is 0 Å². The van der Waals surface area contributed by atoms with E-state index in [9.17, 15) is 9.18 Å². The first-order chi connectivity index (χ1) is 9.04. The van der Waals surface area contributed by atoms with Crippen molar-refractivity contribution >= 4 is 17.4 Å². The Kier molecular flexibility index (Phi) is 4.91. The molecule has 0 saturated carbocycles. The van der Waals surface area contributed by atoms with Gasteiger partial charge in [-0.25, -0.2) is 4.39 Å². The van der Waals surface area contributed by atoms with Gasteiger partial charge in [0.15, 0.2) is 5.78 Å². The van der Waals surface area contributed by atoms with Crippen molar-refractivity contribution in [1.82, 2.24) is 4.90 Å². The number of ketones is 1. The first-order valence-corrected chi connectivity index (χ1v) is 6.86. The number of carbonyl (C=O) groups is 1. The van der Waals surface area contributed by atoms with Gasteiger partial charge < -0.3 is 5.73 Å². The van der Waals surface area contributed by atoms with Gasteiger partial charge in [-0.3, -0.25) is 9.69 Å². The molecule has 104 valence electrons. The van der Waals surface area contributed by atoms with Crippen LogP contribution in [0.25, 0.3) is 0 Å². The Hall–Kier alpha value is -0.970. The fourth-order valence-corrected chi connectivity index (χ4v) is 2.41. The lowest BCUT2D eigenvalue weighted by Crippen LogP contribution is -2.42. The molecule has 2 N–H and O–H groups in total. The van der Waals surface area contributed by atoms with E-state index in [0.717, 1.165) is 25.9 Å². The van der Waals surface area contributed by atoms with Gasteiger partial charge in [0.2, 0.25) is 0 Å². The first kappa shape index (κ1) is 14.4. The number of carbonyl (C=O) groups excluding carboxylic acids is 1. The number of halogens is 2. The predicted molar refractivity (Wildman–Crippen MR) is 73.8 cm³/mol. The van der Waals surface area contributed by atoms with Crippen LogP contribution >= 0.6 is 11.6 Å². The van der Waals surface area contributed by atoms with Crippen LogP contribution in [0, 0.1) is 5.82 Å². The number of nitrogens with two attached hydrogens (primary N) is 1. The van der Waals surface area contributed by atoms with Gasteiger partial charge in [0, 0.05) is 25.6 Å². The summed E-state index contributed by atoms with van der Waals surface area (Å²) in [6.45, 7) is 2.14. The quantitative estimate of drug-likeness (QED) is 0.920. The highest BCUT2D eigenvalue weighted by Crippen LogP contribution is 2.16. The fourth-order valence-electron chi connectivity index (χ4n) is 2.29. The van der Waals surface area contributed by atoms with E-state index in [2.05, 4.69) is 4.90 Å². The van der Waals surface area contributed by atoms with Crippen LogP contribution in [0.15, 0.2) is 18.2 Å². The molecule has 0 radical (unpaired) electrons. The van der Waals surface area contributed by atoms with E-state index in [1.165, 1.54) is 12.1 Å². The highest BCUT2D eigenvalue weighted by atomic mass is 35.5. The van der Waals surface area contributed by atoms with E-state index in [-0.39, 0.29) is 23.3 Å². The second-order valence-electron chi connectivity index (χ2n) is 5.08. The second-order valence-corrected chi connectivity index (χ2v) is 5.48. The first-order valence-electron chi connectivity index (χ1n) is 6.48. The van der Waals surface area contributed by atoms with Gasteiger partial charge in [-0.05, 0) is 30.5 Å². The zero-order valence-corrected chi connectivity index (χ0v) is 11.5. The molecule has 0 amide bonds. The van der Waals surface area contributed by atoms with Crippen LogP contribution in [0.1, 0.15) is 18.4 Å². The van der Waals surface area contributed by atoms with Gasteiger partial charge in [0.1, 0.15) is 5.82 Å². The van der Waals surface area contributed by atoms with Crippen molar-refractivity contribution in [3.8, 4) is 0 Å². The van der Waals surface area contributed by atoms with E-state index in [0.29, 0.717) is 12.1 Å². The average molecular weight is 285 g/mol. The molecule has 0 atom stereocenters. The van der Waals surface area contributed by atoms with Crippen molar-refractivity contribution in [3.05, 3.63) is 34.6 Å². The Morgan fingerprint density at radius 1 is 1.42 bits per heavy atom. The van der Waals surface area contributed by atoms with Gasteiger partial charge in [0.25, 0.3) is 0 Å². The van der Waals surface area contributed by atoms with E-state index >= 15 is 0 Å². The van der Waals surface area contributed by atoms with Crippen molar-refractivity contribution in [3.63, 3.8) is 0 Å². The molecular formula is C14H18ClFN2O. The number of piperidine rings is 1. The molecule has 0 aromatic heterocycles. The summed E-state index contributed by atoms with van der Waals surface area (Å²) in [7, 11) is 0. The minimum Gasteiger partial charge on any atom is -0.328 e. The Bertz CT molecular complexity index is 459. The smallest absolute Gasteiger partial charge is 0.151 e. The number of likely N-dealkylation sites (tertiary alicyclic amines) is 1. The maximum Gasteiger partial charge on any atom is 0.151 e. The molecule has 0 aliphatic carbocycles. The third-order valence-electron chi connectivity index (χ3n) is 3.42. The van der Waals surface area contributed by atoms with Crippen LogP contribution in [0.2, 0.25) is 5.02 Å². The molecule has 1 aliphatic rings. The number of hydrogen-bond acceptors (Lipinski definition) is 3. The lowest BCUT2D eigenvalue weighted by molar-refractivity contribution is -0.119. The van der Waals surface area contributed by atoms with E-state index in [4.69, 9.17) is 17.3 Å². The number of Topliss-reactive ketones (excluding diaryl/α,β-unsaturated/α-hetero) is 1. The van der Waals surface area contributed by atoms with Gasteiger partial charge >= 0.3 is 0 Å². The van der Waals surface area contributed by atoms with Crippen molar-refractivity contribution in [2.75, 3.05) is 19.6 Å². The number of nitrogens with zero attached hydrogens (tertiary/aromatic N) is 1. The average Bonchev–Trinajstić information content (AvgIpc) is 2.37. The largest absolute Gasteiger partial charge is 0.328 e. The standard InChI is InChI=1S/C14H18ClFN2O/c15-13-2-1-10(8-14(13)16)7-12(19)9-18-5-3-11(17)4-6-18/h1-2,8,11H,3-7,9,17H2. The van der Waals surface area contributed by atoms with Gasteiger partial charge in [-0.1, -0.05) is 17.7 Å². The molecule has 5 heteroatoms. The lowest BCUT2D eigenvalue weighted by atomic mass is 10.0. The molecule has 1 aliphatic heterocycles. The minimum atomic E-state index is -0.476. The van der Waals surface area contributed by atoms with E-state index in [1.807, 2.05) is 0 Å². The van der Waals surface area contributed by atoms with Crippen LogP contribution < -0.4 is 5.73 Å². The molecule has 0 spiro atoms. The maximum absolute atomic E-state index is 13.3. The Morgan fingerprint density at radius 3 is 2.74 bits per heavy atom. The molecule has 1 heterocycles.